The zero-order chi connectivity index (χ0) is 14.0. The highest BCUT2D eigenvalue weighted by atomic mass is 19.1. The van der Waals surface area contributed by atoms with E-state index in [-0.39, 0.29) is 17.8 Å². The van der Waals surface area contributed by atoms with Gasteiger partial charge in [0.2, 0.25) is 5.91 Å². The average molecular weight is 264 g/mol. The van der Waals surface area contributed by atoms with Crippen LogP contribution in [0, 0.1) is 11.2 Å². The third-order valence-electron chi connectivity index (χ3n) is 4.17. The van der Waals surface area contributed by atoms with Crippen LogP contribution in [-0.2, 0) is 11.3 Å². The number of benzene rings is 1. The molecule has 1 aromatic rings. The van der Waals surface area contributed by atoms with E-state index in [0.29, 0.717) is 6.54 Å². The van der Waals surface area contributed by atoms with Gasteiger partial charge in [-0.1, -0.05) is 18.6 Å². The molecule has 104 valence electrons. The van der Waals surface area contributed by atoms with Gasteiger partial charge < -0.3 is 10.6 Å². The second kappa shape index (κ2) is 5.29. The van der Waals surface area contributed by atoms with Gasteiger partial charge in [-0.2, -0.15) is 0 Å². The lowest BCUT2D eigenvalue weighted by Gasteiger charge is -2.32. The Morgan fingerprint density at radius 1 is 1.58 bits per heavy atom. The molecule has 0 saturated heterocycles. The van der Waals surface area contributed by atoms with Crippen LogP contribution in [0.5, 0.6) is 0 Å². The molecule has 1 saturated carbocycles. The van der Waals surface area contributed by atoms with E-state index in [1.165, 1.54) is 12.1 Å². The molecular weight excluding hydrogens is 243 g/mol. The van der Waals surface area contributed by atoms with Crippen molar-refractivity contribution in [1.82, 2.24) is 4.90 Å². The molecule has 3 nitrogen and oxygen atoms in total. The number of carbonyl (C=O) groups is 1. The fourth-order valence-corrected chi connectivity index (χ4v) is 2.88. The van der Waals surface area contributed by atoms with Gasteiger partial charge in [-0.15, -0.1) is 0 Å². The van der Waals surface area contributed by atoms with Gasteiger partial charge in [0.1, 0.15) is 5.82 Å². The van der Waals surface area contributed by atoms with Crippen LogP contribution < -0.4 is 5.73 Å². The van der Waals surface area contributed by atoms with E-state index in [1.807, 2.05) is 13.0 Å². The van der Waals surface area contributed by atoms with Gasteiger partial charge >= 0.3 is 0 Å². The third kappa shape index (κ3) is 2.78. The quantitative estimate of drug-likeness (QED) is 0.910. The summed E-state index contributed by atoms with van der Waals surface area (Å²) >= 11 is 0. The average Bonchev–Trinajstić information content (AvgIpc) is 2.70. The lowest BCUT2D eigenvalue weighted by Crippen LogP contribution is -2.47. The Bertz CT molecular complexity index is 477. The number of amides is 1. The Hall–Kier alpha value is -1.42. The van der Waals surface area contributed by atoms with E-state index in [4.69, 9.17) is 5.73 Å². The number of halogens is 1. The highest BCUT2D eigenvalue weighted by molar-refractivity contribution is 5.83. The zero-order valence-corrected chi connectivity index (χ0v) is 11.5. The molecule has 0 radical (unpaired) electrons. The van der Waals surface area contributed by atoms with E-state index in [2.05, 4.69) is 0 Å². The molecular formula is C15H21FN2O. The molecule has 1 fully saturated rings. The molecule has 2 rings (SSSR count). The molecule has 2 N–H and O–H groups in total. The molecule has 0 bridgehead atoms. The Balaban J connectivity index is 2.07. The predicted molar refractivity (Wildman–Crippen MR) is 72.8 cm³/mol. The van der Waals surface area contributed by atoms with Gasteiger partial charge in [0, 0.05) is 19.6 Å². The van der Waals surface area contributed by atoms with Gasteiger partial charge in [0.25, 0.3) is 0 Å². The van der Waals surface area contributed by atoms with Crippen LogP contribution in [-0.4, -0.2) is 23.9 Å². The molecule has 0 aromatic heterocycles. The standard InChI is InChI=1S/C15H21FN2O/c1-15(8-4-7-13(15)17)14(19)18(2)10-11-5-3-6-12(16)9-11/h3,5-6,9,13H,4,7-8,10,17H2,1-2H3. The van der Waals surface area contributed by atoms with Crippen LogP contribution in [0.2, 0.25) is 0 Å². The van der Waals surface area contributed by atoms with Crippen molar-refractivity contribution in [1.29, 1.82) is 0 Å². The van der Waals surface area contributed by atoms with E-state index in [0.717, 1.165) is 24.8 Å². The summed E-state index contributed by atoms with van der Waals surface area (Å²) in [5, 5.41) is 0. The monoisotopic (exact) mass is 264 g/mol. The normalized spacial score (nSPS) is 26.4. The first kappa shape index (κ1) is 14.0. The van der Waals surface area contributed by atoms with Crippen LogP contribution in [0.1, 0.15) is 31.7 Å². The van der Waals surface area contributed by atoms with Crippen LogP contribution in [0.3, 0.4) is 0 Å². The summed E-state index contributed by atoms with van der Waals surface area (Å²) in [6, 6.07) is 6.27. The lowest BCUT2D eigenvalue weighted by molar-refractivity contribution is -0.140. The molecule has 0 aliphatic heterocycles. The minimum absolute atomic E-state index is 0.0572. The molecule has 4 heteroatoms. The van der Waals surface area contributed by atoms with Crippen molar-refractivity contribution in [2.75, 3.05) is 7.05 Å². The number of hydrogen-bond donors (Lipinski definition) is 1. The van der Waals surface area contributed by atoms with Crippen molar-refractivity contribution >= 4 is 5.91 Å². The van der Waals surface area contributed by atoms with Gasteiger partial charge in [-0.3, -0.25) is 4.79 Å². The van der Waals surface area contributed by atoms with E-state index >= 15 is 0 Å². The number of nitrogens with zero attached hydrogens (tertiary/aromatic N) is 1. The van der Waals surface area contributed by atoms with Crippen molar-refractivity contribution in [3.63, 3.8) is 0 Å². The zero-order valence-electron chi connectivity index (χ0n) is 11.5. The fraction of sp³-hybridized carbons (Fsp3) is 0.533. The van der Waals surface area contributed by atoms with Crippen LogP contribution in [0.4, 0.5) is 4.39 Å². The first-order valence-electron chi connectivity index (χ1n) is 6.69. The third-order valence-corrected chi connectivity index (χ3v) is 4.17. The number of nitrogens with two attached hydrogens (primary N) is 1. The molecule has 1 aliphatic carbocycles. The van der Waals surface area contributed by atoms with Crippen molar-refractivity contribution in [2.45, 2.75) is 38.8 Å². The number of rotatable bonds is 3. The summed E-state index contributed by atoms with van der Waals surface area (Å²) in [6.07, 6.45) is 2.73. The number of carbonyl (C=O) groups excluding carboxylic acids is 1. The van der Waals surface area contributed by atoms with E-state index in [9.17, 15) is 9.18 Å². The molecule has 1 aliphatic rings. The van der Waals surface area contributed by atoms with Crippen LogP contribution in [0.15, 0.2) is 24.3 Å². The minimum atomic E-state index is -0.470. The van der Waals surface area contributed by atoms with Gasteiger partial charge in [-0.25, -0.2) is 4.39 Å². The molecule has 2 unspecified atom stereocenters. The topological polar surface area (TPSA) is 46.3 Å². The summed E-state index contributed by atoms with van der Waals surface area (Å²) in [5.74, 6) is -0.219. The molecule has 1 amide bonds. The summed E-state index contributed by atoms with van der Waals surface area (Å²) in [6.45, 7) is 2.36. The largest absolute Gasteiger partial charge is 0.341 e. The molecule has 0 heterocycles. The number of hydrogen-bond acceptors (Lipinski definition) is 2. The first-order valence-corrected chi connectivity index (χ1v) is 6.69. The summed E-state index contributed by atoms with van der Waals surface area (Å²) < 4.78 is 13.1. The van der Waals surface area contributed by atoms with E-state index < -0.39 is 5.41 Å². The maximum absolute atomic E-state index is 13.1. The lowest BCUT2D eigenvalue weighted by atomic mass is 9.83. The van der Waals surface area contributed by atoms with Crippen molar-refractivity contribution in [3.8, 4) is 0 Å². The second-order valence-corrected chi connectivity index (χ2v) is 5.71. The van der Waals surface area contributed by atoms with Crippen molar-refractivity contribution < 1.29 is 9.18 Å². The maximum atomic E-state index is 13.1. The van der Waals surface area contributed by atoms with Crippen LogP contribution >= 0.6 is 0 Å². The highest BCUT2D eigenvalue weighted by Gasteiger charge is 2.44. The van der Waals surface area contributed by atoms with Crippen molar-refractivity contribution in [2.24, 2.45) is 11.1 Å². The van der Waals surface area contributed by atoms with Crippen molar-refractivity contribution in [3.05, 3.63) is 35.6 Å². The van der Waals surface area contributed by atoms with E-state index in [1.54, 1.807) is 18.0 Å². The highest BCUT2D eigenvalue weighted by Crippen LogP contribution is 2.38. The summed E-state index contributed by atoms with van der Waals surface area (Å²) in [7, 11) is 1.75. The molecule has 1 aromatic carbocycles. The van der Waals surface area contributed by atoms with Crippen LogP contribution in [0.25, 0.3) is 0 Å². The summed E-state index contributed by atoms with van der Waals surface area (Å²) in [5.41, 5.74) is 6.39. The first-order chi connectivity index (χ1) is 8.93. The van der Waals surface area contributed by atoms with Gasteiger partial charge in [0.15, 0.2) is 0 Å². The Morgan fingerprint density at radius 2 is 2.32 bits per heavy atom. The smallest absolute Gasteiger partial charge is 0.230 e. The second-order valence-electron chi connectivity index (χ2n) is 5.71. The Kier molecular flexibility index (Phi) is 3.90. The Morgan fingerprint density at radius 3 is 2.89 bits per heavy atom. The minimum Gasteiger partial charge on any atom is -0.341 e. The SMILES string of the molecule is CN(Cc1cccc(F)c1)C(=O)C1(C)CCCC1N. The van der Waals surface area contributed by atoms with Gasteiger partial charge in [0.05, 0.1) is 5.41 Å². The van der Waals surface area contributed by atoms with Gasteiger partial charge in [-0.05, 0) is 37.5 Å². The fourth-order valence-electron chi connectivity index (χ4n) is 2.88. The summed E-state index contributed by atoms with van der Waals surface area (Å²) in [4.78, 5) is 14.2. The molecule has 2 atom stereocenters. The predicted octanol–water partition coefficient (Wildman–Crippen LogP) is 2.30. The maximum Gasteiger partial charge on any atom is 0.230 e. The Labute approximate surface area is 113 Å². The molecule has 0 spiro atoms. The molecule has 19 heavy (non-hydrogen) atoms.